The van der Waals surface area contributed by atoms with E-state index in [-0.39, 0.29) is 24.4 Å². The topological polar surface area (TPSA) is 49.4 Å². The Morgan fingerprint density at radius 2 is 1.85 bits per heavy atom. The van der Waals surface area contributed by atoms with Gasteiger partial charge >= 0.3 is 0 Å². The molecule has 0 aliphatic carbocycles. The summed E-state index contributed by atoms with van der Waals surface area (Å²) in [6, 6.07) is 10.6. The van der Waals surface area contributed by atoms with Gasteiger partial charge in [0.15, 0.2) is 0 Å². The normalized spacial score (nSPS) is 10.5. The predicted octanol–water partition coefficient (Wildman–Crippen LogP) is 3.44. The molecule has 0 aliphatic rings. The van der Waals surface area contributed by atoms with Gasteiger partial charge in [0.05, 0.1) is 5.56 Å². The Hall–Kier alpha value is -2.76. The molecule has 138 valence electrons. The van der Waals surface area contributed by atoms with E-state index < -0.39 is 17.5 Å². The highest BCUT2D eigenvalue weighted by Crippen LogP contribution is 2.12. The quantitative estimate of drug-likeness (QED) is 0.822. The fourth-order valence-corrected chi connectivity index (χ4v) is 2.58. The summed E-state index contributed by atoms with van der Waals surface area (Å²) in [4.78, 5) is 26.0. The van der Waals surface area contributed by atoms with Crippen LogP contribution in [0.5, 0.6) is 0 Å². The number of benzene rings is 2. The van der Waals surface area contributed by atoms with E-state index in [4.69, 9.17) is 0 Å². The van der Waals surface area contributed by atoms with Crippen LogP contribution in [0.2, 0.25) is 0 Å². The molecule has 1 N–H and O–H groups in total. The van der Waals surface area contributed by atoms with E-state index in [1.165, 1.54) is 0 Å². The van der Waals surface area contributed by atoms with Crippen LogP contribution in [-0.4, -0.2) is 29.8 Å². The van der Waals surface area contributed by atoms with Crippen molar-refractivity contribution in [3.63, 3.8) is 0 Å². The summed E-state index contributed by atoms with van der Waals surface area (Å²) in [6.07, 6.45) is 0.105. The standard InChI is InChI=1S/C20H22F2N2O2/c1-3-24(13-15-7-5-4-6-14(15)2)19(25)10-11-23-20(26)17-9-8-16(21)12-18(17)22/h4-9,12H,3,10-11,13H2,1-2H3,(H,23,26). The van der Waals surface area contributed by atoms with E-state index in [9.17, 15) is 18.4 Å². The van der Waals surface area contributed by atoms with Gasteiger partial charge in [0.2, 0.25) is 5.91 Å². The molecular weight excluding hydrogens is 338 g/mol. The molecule has 0 saturated carbocycles. The zero-order chi connectivity index (χ0) is 19.1. The van der Waals surface area contributed by atoms with Gasteiger partial charge in [-0.3, -0.25) is 9.59 Å². The zero-order valence-electron chi connectivity index (χ0n) is 14.9. The maximum Gasteiger partial charge on any atom is 0.254 e. The maximum atomic E-state index is 13.6. The van der Waals surface area contributed by atoms with Crippen LogP contribution in [0.15, 0.2) is 42.5 Å². The van der Waals surface area contributed by atoms with Crippen LogP contribution in [-0.2, 0) is 11.3 Å². The average Bonchev–Trinajstić information content (AvgIpc) is 2.60. The van der Waals surface area contributed by atoms with Crippen LogP contribution in [0, 0.1) is 18.6 Å². The zero-order valence-corrected chi connectivity index (χ0v) is 14.9. The lowest BCUT2D eigenvalue weighted by molar-refractivity contribution is -0.131. The number of rotatable bonds is 7. The first kappa shape index (κ1) is 19.6. The minimum atomic E-state index is -0.927. The third-order valence-corrected chi connectivity index (χ3v) is 4.16. The molecule has 0 fully saturated rings. The fraction of sp³-hybridized carbons (Fsp3) is 0.300. The predicted molar refractivity (Wildman–Crippen MR) is 95.6 cm³/mol. The second-order valence-corrected chi connectivity index (χ2v) is 5.96. The number of hydrogen-bond donors (Lipinski definition) is 1. The van der Waals surface area contributed by atoms with Crippen molar-refractivity contribution >= 4 is 11.8 Å². The first-order valence-corrected chi connectivity index (χ1v) is 8.48. The molecule has 6 heteroatoms. The number of nitrogens with zero attached hydrogens (tertiary/aromatic N) is 1. The minimum Gasteiger partial charge on any atom is -0.351 e. The molecule has 0 unspecified atom stereocenters. The van der Waals surface area contributed by atoms with E-state index in [0.29, 0.717) is 19.2 Å². The fourth-order valence-electron chi connectivity index (χ4n) is 2.58. The number of amides is 2. The van der Waals surface area contributed by atoms with Crippen molar-refractivity contribution in [1.29, 1.82) is 0 Å². The molecule has 2 amide bonds. The molecule has 4 nitrogen and oxygen atoms in total. The lowest BCUT2D eigenvalue weighted by Crippen LogP contribution is -2.34. The second kappa shape index (κ2) is 9.08. The van der Waals surface area contributed by atoms with Gasteiger partial charge in [0.1, 0.15) is 11.6 Å². The van der Waals surface area contributed by atoms with Gasteiger partial charge in [0.25, 0.3) is 5.91 Å². The Bertz CT molecular complexity index is 793. The van der Waals surface area contributed by atoms with E-state index >= 15 is 0 Å². The van der Waals surface area contributed by atoms with Crippen molar-refractivity contribution in [3.05, 3.63) is 70.8 Å². The second-order valence-electron chi connectivity index (χ2n) is 5.96. The smallest absolute Gasteiger partial charge is 0.254 e. The number of aryl methyl sites for hydroxylation is 1. The van der Waals surface area contributed by atoms with Gasteiger partial charge in [-0.2, -0.15) is 0 Å². The van der Waals surface area contributed by atoms with E-state index in [0.717, 1.165) is 23.3 Å². The van der Waals surface area contributed by atoms with Crippen molar-refractivity contribution in [2.24, 2.45) is 0 Å². The minimum absolute atomic E-state index is 0.0821. The molecule has 0 radical (unpaired) electrons. The lowest BCUT2D eigenvalue weighted by Gasteiger charge is -2.22. The maximum absolute atomic E-state index is 13.6. The first-order chi connectivity index (χ1) is 12.4. The Kier molecular flexibility index (Phi) is 6.83. The molecule has 2 rings (SSSR count). The van der Waals surface area contributed by atoms with Crippen molar-refractivity contribution in [2.75, 3.05) is 13.1 Å². The Morgan fingerprint density at radius 3 is 2.50 bits per heavy atom. The number of hydrogen-bond acceptors (Lipinski definition) is 2. The van der Waals surface area contributed by atoms with Gasteiger partial charge in [-0.25, -0.2) is 8.78 Å². The average molecular weight is 360 g/mol. The van der Waals surface area contributed by atoms with E-state index in [1.807, 2.05) is 38.1 Å². The summed E-state index contributed by atoms with van der Waals surface area (Å²) in [5.41, 5.74) is 1.94. The summed E-state index contributed by atoms with van der Waals surface area (Å²) < 4.78 is 26.5. The van der Waals surface area contributed by atoms with Crippen LogP contribution in [0.4, 0.5) is 8.78 Å². The molecule has 0 aromatic heterocycles. The molecule has 2 aromatic carbocycles. The third-order valence-electron chi connectivity index (χ3n) is 4.16. The summed E-state index contributed by atoms with van der Waals surface area (Å²) in [6.45, 7) is 5.02. The van der Waals surface area contributed by atoms with Gasteiger partial charge in [-0.05, 0) is 37.1 Å². The number of carbonyl (C=O) groups is 2. The van der Waals surface area contributed by atoms with Gasteiger partial charge in [-0.15, -0.1) is 0 Å². The van der Waals surface area contributed by atoms with Crippen LogP contribution in [0.25, 0.3) is 0 Å². The Balaban J connectivity index is 1.88. The SMILES string of the molecule is CCN(Cc1ccccc1C)C(=O)CCNC(=O)c1ccc(F)cc1F. The van der Waals surface area contributed by atoms with Gasteiger partial charge < -0.3 is 10.2 Å². The van der Waals surface area contributed by atoms with Crippen LogP contribution >= 0.6 is 0 Å². The Labute approximate surface area is 151 Å². The molecular formula is C20H22F2N2O2. The molecule has 2 aromatic rings. The highest BCUT2D eigenvalue weighted by molar-refractivity contribution is 5.94. The van der Waals surface area contributed by atoms with E-state index in [2.05, 4.69) is 5.32 Å². The first-order valence-electron chi connectivity index (χ1n) is 8.48. The lowest BCUT2D eigenvalue weighted by atomic mass is 10.1. The molecule has 0 spiro atoms. The van der Waals surface area contributed by atoms with Crippen molar-refractivity contribution in [2.45, 2.75) is 26.8 Å². The molecule has 26 heavy (non-hydrogen) atoms. The molecule has 0 bridgehead atoms. The number of carbonyl (C=O) groups excluding carboxylic acids is 2. The van der Waals surface area contributed by atoms with Crippen LogP contribution < -0.4 is 5.32 Å². The third kappa shape index (κ3) is 5.12. The van der Waals surface area contributed by atoms with Crippen molar-refractivity contribution < 1.29 is 18.4 Å². The molecule has 0 atom stereocenters. The largest absolute Gasteiger partial charge is 0.351 e. The van der Waals surface area contributed by atoms with Crippen molar-refractivity contribution in [1.82, 2.24) is 10.2 Å². The highest BCUT2D eigenvalue weighted by atomic mass is 19.1. The number of halogens is 2. The molecule has 0 saturated heterocycles. The van der Waals surface area contributed by atoms with E-state index in [1.54, 1.807) is 4.90 Å². The van der Waals surface area contributed by atoms with Gasteiger partial charge in [0, 0.05) is 32.1 Å². The van der Waals surface area contributed by atoms with Crippen molar-refractivity contribution in [3.8, 4) is 0 Å². The summed E-state index contributed by atoms with van der Waals surface area (Å²) >= 11 is 0. The molecule has 0 heterocycles. The Morgan fingerprint density at radius 1 is 1.12 bits per heavy atom. The van der Waals surface area contributed by atoms with Crippen LogP contribution in [0.1, 0.15) is 34.8 Å². The monoisotopic (exact) mass is 360 g/mol. The summed E-state index contributed by atoms with van der Waals surface area (Å²) in [5, 5.41) is 2.50. The number of nitrogens with one attached hydrogen (secondary N) is 1. The summed E-state index contributed by atoms with van der Waals surface area (Å²) in [5.74, 6) is -2.44. The van der Waals surface area contributed by atoms with Gasteiger partial charge in [-0.1, -0.05) is 24.3 Å². The summed E-state index contributed by atoms with van der Waals surface area (Å²) in [7, 11) is 0. The molecule has 0 aliphatic heterocycles. The van der Waals surface area contributed by atoms with Crippen LogP contribution in [0.3, 0.4) is 0 Å². The highest BCUT2D eigenvalue weighted by Gasteiger charge is 2.15.